The summed E-state index contributed by atoms with van der Waals surface area (Å²) in [4.78, 5) is 13.0. The molecule has 0 spiro atoms. The van der Waals surface area contributed by atoms with Crippen molar-refractivity contribution in [2.75, 3.05) is 0 Å². The van der Waals surface area contributed by atoms with E-state index >= 15 is 0 Å². The number of rotatable bonds is 1. The molecule has 0 radical (unpaired) electrons. The molecule has 0 aliphatic heterocycles. The summed E-state index contributed by atoms with van der Waals surface area (Å²) < 4.78 is 1.91. The van der Waals surface area contributed by atoms with Crippen LogP contribution in [0.4, 0.5) is 0 Å². The SMILES string of the molecule is Cn1cnc2nc(-c3ccccc3)ncc21. The topological polar surface area (TPSA) is 43.6 Å². The van der Waals surface area contributed by atoms with Crippen molar-refractivity contribution >= 4 is 11.2 Å². The molecule has 0 aliphatic carbocycles. The Hall–Kier alpha value is -2.23. The first kappa shape index (κ1) is 9.03. The van der Waals surface area contributed by atoms with Crippen LogP contribution in [-0.4, -0.2) is 19.5 Å². The summed E-state index contributed by atoms with van der Waals surface area (Å²) in [6.07, 6.45) is 3.55. The first-order valence-corrected chi connectivity index (χ1v) is 5.04. The van der Waals surface area contributed by atoms with Crippen LogP contribution in [0.15, 0.2) is 42.9 Å². The van der Waals surface area contributed by atoms with Gasteiger partial charge < -0.3 is 4.57 Å². The molecule has 0 bridgehead atoms. The van der Waals surface area contributed by atoms with Gasteiger partial charge in [-0.1, -0.05) is 30.3 Å². The normalized spacial score (nSPS) is 10.8. The van der Waals surface area contributed by atoms with Gasteiger partial charge in [-0.25, -0.2) is 15.0 Å². The molecular weight excluding hydrogens is 200 g/mol. The number of hydrogen-bond acceptors (Lipinski definition) is 3. The van der Waals surface area contributed by atoms with E-state index in [1.54, 1.807) is 12.5 Å². The molecule has 3 rings (SSSR count). The van der Waals surface area contributed by atoms with Gasteiger partial charge in [0, 0.05) is 12.6 Å². The quantitative estimate of drug-likeness (QED) is 0.617. The van der Waals surface area contributed by atoms with Gasteiger partial charge in [0.25, 0.3) is 0 Å². The molecule has 2 aromatic heterocycles. The Bertz CT molecular complexity index is 628. The lowest BCUT2D eigenvalue weighted by atomic mass is 10.2. The molecule has 16 heavy (non-hydrogen) atoms. The Morgan fingerprint density at radius 3 is 2.69 bits per heavy atom. The van der Waals surface area contributed by atoms with E-state index < -0.39 is 0 Å². The number of aryl methyl sites for hydroxylation is 1. The van der Waals surface area contributed by atoms with Crippen LogP contribution in [0.25, 0.3) is 22.6 Å². The molecule has 3 aromatic rings. The summed E-state index contributed by atoms with van der Waals surface area (Å²) in [5.74, 6) is 0.715. The summed E-state index contributed by atoms with van der Waals surface area (Å²) in [6.45, 7) is 0. The van der Waals surface area contributed by atoms with Gasteiger partial charge in [-0.2, -0.15) is 0 Å². The van der Waals surface area contributed by atoms with E-state index in [1.807, 2.05) is 41.9 Å². The van der Waals surface area contributed by atoms with E-state index in [0.29, 0.717) is 5.82 Å². The van der Waals surface area contributed by atoms with E-state index in [4.69, 9.17) is 0 Å². The molecule has 0 N–H and O–H groups in total. The molecule has 0 saturated carbocycles. The Balaban J connectivity index is 2.19. The Kier molecular flexibility index (Phi) is 1.93. The van der Waals surface area contributed by atoms with Crippen LogP contribution in [-0.2, 0) is 7.05 Å². The van der Waals surface area contributed by atoms with Crippen LogP contribution < -0.4 is 0 Å². The maximum atomic E-state index is 4.42. The first-order valence-electron chi connectivity index (χ1n) is 5.04. The third-order valence-electron chi connectivity index (χ3n) is 2.52. The fourth-order valence-electron chi connectivity index (χ4n) is 1.64. The van der Waals surface area contributed by atoms with E-state index in [-0.39, 0.29) is 0 Å². The van der Waals surface area contributed by atoms with Gasteiger partial charge in [0.2, 0.25) is 0 Å². The van der Waals surface area contributed by atoms with Gasteiger partial charge in [0.15, 0.2) is 11.5 Å². The molecule has 78 valence electrons. The summed E-state index contributed by atoms with van der Waals surface area (Å²) >= 11 is 0. The largest absolute Gasteiger partial charge is 0.331 e. The van der Waals surface area contributed by atoms with Crippen LogP contribution >= 0.6 is 0 Å². The Morgan fingerprint density at radius 1 is 1.06 bits per heavy atom. The number of benzene rings is 1. The maximum Gasteiger partial charge on any atom is 0.181 e. The molecule has 2 heterocycles. The van der Waals surface area contributed by atoms with Crippen LogP contribution in [0, 0.1) is 0 Å². The zero-order chi connectivity index (χ0) is 11.0. The minimum Gasteiger partial charge on any atom is -0.331 e. The highest BCUT2D eigenvalue weighted by molar-refractivity contribution is 5.72. The van der Waals surface area contributed by atoms with Gasteiger partial charge in [0.05, 0.1) is 12.5 Å². The van der Waals surface area contributed by atoms with E-state index in [9.17, 15) is 0 Å². The van der Waals surface area contributed by atoms with Crippen LogP contribution in [0.3, 0.4) is 0 Å². The number of nitrogens with zero attached hydrogens (tertiary/aromatic N) is 4. The molecule has 0 unspecified atom stereocenters. The molecule has 0 aliphatic rings. The maximum absolute atomic E-state index is 4.42. The van der Waals surface area contributed by atoms with Crippen molar-refractivity contribution in [1.29, 1.82) is 0 Å². The smallest absolute Gasteiger partial charge is 0.181 e. The van der Waals surface area contributed by atoms with Crippen molar-refractivity contribution in [3.05, 3.63) is 42.9 Å². The highest BCUT2D eigenvalue weighted by atomic mass is 15.1. The third-order valence-corrected chi connectivity index (χ3v) is 2.52. The van der Waals surface area contributed by atoms with Gasteiger partial charge in [-0.05, 0) is 0 Å². The fourth-order valence-corrected chi connectivity index (χ4v) is 1.64. The number of imidazole rings is 1. The standard InChI is InChI=1S/C12H10N4/c1-16-8-14-12-10(16)7-13-11(15-12)9-5-3-2-4-6-9/h2-8H,1H3. The number of hydrogen-bond donors (Lipinski definition) is 0. The second-order valence-corrected chi connectivity index (χ2v) is 3.62. The van der Waals surface area contributed by atoms with Gasteiger partial charge in [-0.15, -0.1) is 0 Å². The zero-order valence-corrected chi connectivity index (χ0v) is 8.83. The van der Waals surface area contributed by atoms with Crippen molar-refractivity contribution in [3.8, 4) is 11.4 Å². The predicted molar refractivity (Wildman–Crippen MR) is 61.7 cm³/mol. The Morgan fingerprint density at radius 2 is 1.88 bits per heavy atom. The minimum atomic E-state index is 0.715. The summed E-state index contributed by atoms with van der Waals surface area (Å²) in [5, 5.41) is 0. The minimum absolute atomic E-state index is 0.715. The molecular formula is C12H10N4. The summed E-state index contributed by atoms with van der Waals surface area (Å²) in [6, 6.07) is 9.90. The van der Waals surface area contributed by atoms with Crippen molar-refractivity contribution in [2.45, 2.75) is 0 Å². The predicted octanol–water partition coefficient (Wildman–Crippen LogP) is 2.03. The highest BCUT2D eigenvalue weighted by Gasteiger charge is 2.05. The molecule has 4 nitrogen and oxygen atoms in total. The second kappa shape index (κ2) is 3.41. The van der Waals surface area contributed by atoms with Crippen molar-refractivity contribution in [3.63, 3.8) is 0 Å². The monoisotopic (exact) mass is 210 g/mol. The third kappa shape index (κ3) is 1.35. The molecule has 0 amide bonds. The molecule has 4 heteroatoms. The zero-order valence-electron chi connectivity index (χ0n) is 8.83. The van der Waals surface area contributed by atoms with E-state index in [2.05, 4.69) is 15.0 Å². The van der Waals surface area contributed by atoms with Gasteiger partial charge >= 0.3 is 0 Å². The van der Waals surface area contributed by atoms with Gasteiger partial charge in [0.1, 0.15) is 5.52 Å². The van der Waals surface area contributed by atoms with E-state index in [1.165, 1.54) is 0 Å². The van der Waals surface area contributed by atoms with Crippen LogP contribution in [0.1, 0.15) is 0 Å². The average molecular weight is 210 g/mol. The van der Waals surface area contributed by atoms with Crippen molar-refractivity contribution < 1.29 is 0 Å². The van der Waals surface area contributed by atoms with Crippen molar-refractivity contribution in [2.24, 2.45) is 7.05 Å². The van der Waals surface area contributed by atoms with Crippen molar-refractivity contribution in [1.82, 2.24) is 19.5 Å². The molecule has 0 atom stereocenters. The molecule has 1 aromatic carbocycles. The fraction of sp³-hybridized carbons (Fsp3) is 0.0833. The number of aromatic nitrogens is 4. The summed E-state index contributed by atoms with van der Waals surface area (Å²) in [5.41, 5.74) is 2.69. The van der Waals surface area contributed by atoms with Gasteiger partial charge in [-0.3, -0.25) is 0 Å². The second-order valence-electron chi connectivity index (χ2n) is 3.62. The molecule has 0 saturated heterocycles. The summed E-state index contributed by atoms with van der Waals surface area (Å²) in [7, 11) is 1.93. The lowest BCUT2D eigenvalue weighted by molar-refractivity contribution is 0.944. The first-order chi connectivity index (χ1) is 7.84. The van der Waals surface area contributed by atoms with E-state index in [0.717, 1.165) is 16.7 Å². The average Bonchev–Trinajstić information content (AvgIpc) is 2.72. The molecule has 0 fully saturated rings. The number of fused-ring (bicyclic) bond motifs is 1. The van der Waals surface area contributed by atoms with Crippen LogP contribution in [0.2, 0.25) is 0 Å². The Labute approximate surface area is 92.6 Å². The van der Waals surface area contributed by atoms with Crippen LogP contribution in [0.5, 0.6) is 0 Å². The lowest BCUT2D eigenvalue weighted by Gasteiger charge is -1.99. The lowest BCUT2D eigenvalue weighted by Crippen LogP contribution is -1.91. The highest BCUT2D eigenvalue weighted by Crippen LogP contribution is 2.16.